The van der Waals surface area contributed by atoms with Crippen molar-refractivity contribution >= 4 is 23.2 Å². The summed E-state index contributed by atoms with van der Waals surface area (Å²) < 4.78 is 5.45. The number of carbonyl (C=O) groups excluding carboxylic acids is 1. The number of hydrogen-bond acceptors (Lipinski definition) is 3. The van der Waals surface area contributed by atoms with Crippen LogP contribution in [0.3, 0.4) is 0 Å². The summed E-state index contributed by atoms with van der Waals surface area (Å²) in [5, 5.41) is 3.60. The van der Waals surface area contributed by atoms with Crippen molar-refractivity contribution < 1.29 is 9.53 Å². The lowest BCUT2D eigenvalue weighted by Crippen LogP contribution is -2.37. The number of halogens is 1. The standard InChI is InChI=1S/C20H23ClN2O2/c1-25-19-7-3-2-5-15(19)13-18-6-4-12-23(18)14-20(24)22-17-10-8-16(21)9-11-17/h2-3,5,7-11,18H,4,6,12-14H2,1H3,(H,22,24)/t18-/m0/s1. The fourth-order valence-corrected chi connectivity index (χ4v) is 3.50. The molecule has 25 heavy (non-hydrogen) atoms. The Morgan fingerprint density at radius 3 is 2.76 bits per heavy atom. The van der Waals surface area contributed by atoms with Gasteiger partial charge in [0.2, 0.25) is 5.91 Å². The molecule has 132 valence electrons. The number of rotatable bonds is 6. The summed E-state index contributed by atoms with van der Waals surface area (Å²) in [6.07, 6.45) is 3.12. The molecular weight excluding hydrogens is 336 g/mol. The number of amides is 1. The highest BCUT2D eigenvalue weighted by atomic mass is 35.5. The van der Waals surface area contributed by atoms with Gasteiger partial charge in [0.25, 0.3) is 0 Å². The summed E-state index contributed by atoms with van der Waals surface area (Å²) in [5.74, 6) is 0.925. The van der Waals surface area contributed by atoms with Crippen molar-refractivity contribution in [1.82, 2.24) is 4.90 Å². The molecule has 0 bridgehead atoms. The van der Waals surface area contributed by atoms with E-state index in [-0.39, 0.29) is 5.91 Å². The van der Waals surface area contributed by atoms with Gasteiger partial charge in [-0.3, -0.25) is 9.69 Å². The number of para-hydroxylation sites is 1. The Kier molecular flexibility index (Phi) is 5.95. The van der Waals surface area contributed by atoms with Gasteiger partial charge in [-0.25, -0.2) is 0 Å². The van der Waals surface area contributed by atoms with E-state index in [1.807, 2.05) is 30.3 Å². The first-order valence-corrected chi connectivity index (χ1v) is 8.95. The number of methoxy groups -OCH3 is 1. The number of likely N-dealkylation sites (tertiary alicyclic amines) is 1. The first-order valence-electron chi connectivity index (χ1n) is 8.57. The predicted octanol–water partition coefficient (Wildman–Crippen LogP) is 3.99. The van der Waals surface area contributed by atoms with Gasteiger partial charge in [0.05, 0.1) is 13.7 Å². The molecule has 0 radical (unpaired) electrons. The van der Waals surface area contributed by atoms with Crippen LogP contribution in [0.1, 0.15) is 18.4 Å². The monoisotopic (exact) mass is 358 g/mol. The molecule has 2 aromatic rings. The number of nitrogens with one attached hydrogen (secondary N) is 1. The molecule has 1 fully saturated rings. The Hall–Kier alpha value is -2.04. The van der Waals surface area contributed by atoms with E-state index in [9.17, 15) is 4.79 Å². The Morgan fingerprint density at radius 1 is 1.24 bits per heavy atom. The van der Waals surface area contributed by atoms with Crippen LogP contribution in [0.4, 0.5) is 5.69 Å². The molecule has 0 spiro atoms. The van der Waals surface area contributed by atoms with Crippen LogP contribution in [-0.4, -0.2) is 37.0 Å². The third-order valence-corrected chi connectivity index (χ3v) is 4.87. The second-order valence-electron chi connectivity index (χ2n) is 6.34. The van der Waals surface area contributed by atoms with Crippen molar-refractivity contribution in [3.8, 4) is 5.75 Å². The quantitative estimate of drug-likeness (QED) is 0.848. The highest BCUT2D eigenvalue weighted by Crippen LogP contribution is 2.26. The summed E-state index contributed by atoms with van der Waals surface area (Å²) >= 11 is 5.88. The SMILES string of the molecule is COc1ccccc1C[C@@H]1CCCN1CC(=O)Nc1ccc(Cl)cc1. The number of hydrogen-bond donors (Lipinski definition) is 1. The molecular formula is C20H23ClN2O2. The summed E-state index contributed by atoms with van der Waals surface area (Å²) in [6.45, 7) is 1.36. The maximum Gasteiger partial charge on any atom is 0.238 e. The largest absolute Gasteiger partial charge is 0.496 e. The molecule has 1 aliphatic rings. The molecule has 2 aromatic carbocycles. The molecule has 0 saturated carbocycles. The Bertz CT molecular complexity index is 718. The number of nitrogens with zero attached hydrogens (tertiary/aromatic N) is 1. The fourth-order valence-electron chi connectivity index (χ4n) is 3.38. The van der Waals surface area contributed by atoms with Crippen molar-refractivity contribution in [1.29, 1.82) is 0 Å². The van der Waals surface area contributed by atoms with Crippen molar-refractivity contribution in [3.63, 3.8) is 0 Å². The van der Waals surface area contributed by atoms with Gasteiger partial charge in [-0.15, -0.1) is 0 Å². The van der Waals surface area contributed by atoms with Crippen molar-refractivity contribution in [2.75, 3.05) is 25.5 Å². The first kappa shape index (κ1) is 17.8. The van der Waals surface area contributed by atoms with E-state index >= 15 is 0 Å². The number of benzene rings is 2. The van der Waals surface area contributed by atoms with E-state index in [2.05, 4.69) is 16.3 Å². The fraction of sp³-hybridized carbons (Fsp3) is 0.350. The highest BCUT2D eigenvalue weighted by molar-refractivity contribution is 6.30. The molecule has 1 N–H and O–H groups in total. The van der Waals surface area contributed by atoms with E-state index in [0.29, 0.717) is 17.6 Å². The van der Waals surface area contributed by atoms with Crippen molar-refractivity contribution in [2.24, 2.45) is 0 Å². The normalized spacial score (nSPS) is 17.4. The van der Waals surface area contributed by atoms with Gasteiger partial charge >= 0.3 is 0 Å². The van der Waals surface area contributed by atoms with E-state index in [1.165, 1.54) is 5.56 Å². The summed E-state index contributed by atoms with van der Waals surface area (Å²) in [6, 6.07) is 15.7. The average Bonchev–Trinajstić information content (AvgIpc) is 3.04. The topological polar surface area (TPSA) is 41.6 Å². The Balaban J connectivity index is 1.59. The Labute approximate surface area is 153 Å². The van der Waals surface area contributed by atoms with E-state index in [0.717, 1.165) is 37.2 Å². The van der Waals surface area contributed by atoms with Gasteiger partial charge in [0.1, 0.15) is 5.75 Å². The van der Waals surface area contributed by atoms with Crippen molar-refractivity contribution in [3.05, 3.63) is 59.1 Å². The van der Waals surface area contributed by atoms with Crippen LogP contribution in [0.15, 0.2) is 48.5 Å². The van der Waals surface area contributed by atoms with E-state index in [4.69, 9.17) is 16.3 Å². The van der Waals surface area contributed by atoms with Gasteiger partial charge in [0, 0.05) is 16.8 Å². The second-order valence-corrected chi connectivity index (χ2v) is 6.77. The van der Waals surface area contributed by atoms with Crippen LogP contribution in [-0.2, 0) is 11.2 Å². The maximum atomic E-state index is 12.4. The van der Waals surface area contributed by atoms with Crippen LogP contribution in [0.25, 0.3) is 0 Å². The lowest BCUT2D eigenvalue weighted by atomic mass is 10.0. The molecule has 1 atom stereocenters. The summed E-state index contributed by atoms with van der Waals surface area (Å²) in [7, 11) is 1.70. The number of anilines is 1. The molecule has 5 heteroatoms. The van der Waals surface area contributed by atoms with E-state index in [1.54, 1.807) is 19.2 Å². The molecule has 4 nitrogen and oxygen atoms in total. The molecule has 1 heterocycles. The lowest BCUT2D eigenvalue weighted by Gasteiger charge is -2.24. The smallest absolute Gasteiger partial charge is 0.238 e. The van der Waals surface area contributed by atoms with Gasteiger partial charge in [-0.05, 0) is 61.7 Å². The summed E-state index contributed by atoms with van der Waals surface area (Å²) in [4.78, 5) is 14.6. The zero-order valence-electron chi connectivity index (χ0n) is 14.4. The minimum atomic E-state index is 0.00856. The van der Waals surface area contributed by atoms with Crippen LogP contribution < -0.4 is 10.1 Å². The molecule has 1 aliphatic heterocycles. The molecule has 3 rings (SSSR count). The average molecular weight is 359 g/mol. The lowest BCUT2D eigenvalue weighted by molar-refractivity contribution is -0.117. The molecule has 1 saturated heterocycles. The van der Waals surface area contributed by atoms with Crippen LogP contribution in [0.2, 0.25) is 5.02 Å². The molecule has 0 aliphatic carbocycles. The minimum Gasteiger partial charge on any atom is -0.496 e. The minimum absolute atomic E-state index is 0.00856. The number of ether oxygens (including phenoxy) is 1. The van der Waals surface area contributed by atoms with Gasteiger partial charge in [-0.1, -0.05) is 29.8 Å². The van der Waals surface area contributed by atoms with Crippen LogP contribution >= 0.6 is 11.6 Å². The first-order chi connectivity index (χ1) is 12.2. The third-order valence-electron chi connectivity index (χ3n) is 4.62. The molecule has 1 amide bonds. The van der Waals surface area contributed by atoms with Crippen LogP contribution in [0.5, 0.6) is 5.75 Å². The second kappa shape index (κ2) is 8.37. The Morgan fingerprint density at radius 2 is 2.00 bits per heavy atom. The van der Waals surface area contributed by atoms with E-state index < -0.39 is 0 Å². The van der Waals surface area contributed by atoms with Gasteiger partial charge in [0.15, 0.2) is 0 Å². The van der Waals surface area contributed by atoms with Crippen molar-refractivity contribution in [2.45, 2.75) is 25.3 Å². The predicted molar refractivity (Wildman–Crippen MR) is 101 cm³/mol. The highest BCUT2D eigenvalue weighted by Gasteiger charge is 2.27. The number of carbonyl (C=O) groups is 1. The zero-order chi connectivity index (χ0) is 17.6. The van der Waals surface area contributed by atoms with Gasteiger partial charge < -0.3 is 10.1 Å². The van der Waals surface area contributed by atoms with Crippen LogP contribution in [0, 0.1) is 0 Å². The third kappa shape index (κ3) is 4.74. The summed E-state index contributed by atoms with van der Waals surface area (Å²) in [5.41, 5.74) is 1.97. The zero-order valence-corrected chi connectivity index (χ0v) is 15.1. The molecule has 0 aromatic heterocycles. The molecule has 0 unspecified atom stereocenters. The maximum absolute atomic E-state index is 12.4. The van der Waals surface area contributed by atoms with Gasteiger partial charge in [-0.2, -0.15) is 0 Å².